The Morgan fingerprint density at radius 1 is 0.727 bits per heavy atom. The summed E-state index contributed by atoms with van der Waals surface area (Å²) in [6, 6.07) is 10.5. The zero-order valence-electron chi connectivity index (χ0n) is 19.6. The van der Waals surface area contributed by atoms with Crippen molar-refractivity contribution in [2.75, 3.05) is 0 Å². The second kappa shape index (κ2) is 9.00. The van der Waals surface area contributed by atoms with Crippen molar-refractivity contribution in [2.45, 2.75) is 52.4 Å². The van der Waals surface area contributed by atoms with Crippen molar-refractivity contribution in [2.24, 2.45) is 0 Å². The molecular formula is C20H34BrN9O3. The maximum absolute atomic E-state index is 11.0. The number of halogens is 1. The van der Waals surface area contributed by atoms with Crippen molar-refractivity contribution >= 4 is 27.0 Å². The van der Waals surface area contributed by atoms with E-state index in [0.29, 0.717) is 5.75 Å². The Hall–Kier alpha value is -3.16. The molecule has 12 nitrogen and oxygen atoms in total. The monoisotopic (exact) mass is 527 g/mol. The summed E-state index contributed by atoms with van der Waals surface area (Å²) in [6.07, 6.45) is 0. The van der Waals surface area contributed by atoms with Crippen LogP contribution in [0.4, 0.5) is 0 Å². The topological polar surface area (TPSA) is 192 Å². The van der Waals surface area contributed by atoms with Crippen molar-refractivity contribution in [1.29, 1.82) is 0 Å². The van der Waals surface area contributed by atoms with Gasteiger partial charge >= 0.3 is 0 Å². The third-order valence-corrected chi connectivity index (χ3v) is 5.60. The number of aromatic hydroxyl groups is 1. The summed E-state index contributed by atoms with van der Waals surface area (Å²) >= 11 is 3.53. The molecule has 6 aromatic rings. The van der Waals surface area contributed by atoms with Crippen LogP contribution < -0.4 is 0 Å². The first-order chi connectivity index (χ1) is 14.5. The molecule has 0 radical (unpaired) electrons. The van der Waals surface area contributed by atoms with Crippen LogP contribution in [0.3, 0.4) is 0 Å². The smallest absolute Gasteiger partial charge is 0.146 e. The molecule has 0 aliphatic heterocycles. The molecule has 0 unspecified atom stereocenters. The lowest BCUT2D eigenvalue weighted by molar-refractivity contribution is 0.441. The summed E-state index contributed by atoms with van der Waals surface area (Å²) in [6.45, 7) is 13.0. The lowest BCUT2D eigenvalue weighted by Gasteiger charge is -2.26. The first-order valence-corrected chi connectivity index (χ1v) is 10.9. The SMILES string of the molecule is CC(C)(C)c1cc(-n2n3c4ccc(Br)cc4n23)c(O)c(C(C)(C)C)c1.O.O.[nH]1[nH][nH]1.[nH]1[nH][nH]1. The molecule has 0 aliphatic rings. The Kier molecular flexibility index (Phi) is 7.12. The molecular weight excluding hydrogens is 494 g/mol. The van der Waals surface area contributed by atoms with E-state index in [4.69, 9.17) is 0 Å². The van der Waals surface area contributed by atoms with E-state index in [1.165, 1.54) is 5.56 Å². The van der Waals surface area contributed by atoms with Crippen LogP contribution in [0.15, 0.2) is 34.8 Å². The number of phenols is 1. The van der Waals surface area contributed by atoms with E-state index >= 15 is 0 Å². The number of aromatic amines is 6. The van der Waals surface area contributed by atoms with E-state index < -0.39 is 0 Å². The van der Waals surface area contributed by atoms with E-state index in [-0.39, 0.29) is 21.8 Å². The molecule has 184 valence electrons. The number of aromatic nitrogens is 9. The van der Waals surface area contributed by atoms with Gasteiger partial charge in [-0.25, -0.2) is 31.3 Å². The molecule has 6 rings (SSSR count). The second-order valence-corrected chi connectivity index (χ2v) is 10.6. The van der Waals surface area contributed by atoms with Crippen molar-refractivity contribution in [3.63, 3.8) is 0 Å². The van der Waals surface area contributed by atoms with Crippen molar-refractivity contribution < 1.29 is 16.1 Å². The van der Waals surface area contributed by atoms with Crippen molar-refractivity contribution in [1.82, 2.24) is 45.3 Å². The van der Waals surface area contributed by atoms with Crippen LogP contribution in [0.25, 0.3) is 16.7 Å². The van der Waals surface area contributed by atoms with Gasteiger partial charge in [0, 0.05) is 10.0 Å². The van der Waals surface area contributed by atoms with Crippen LogP contribution in [0.1, 0.15) is 52.7 Å². The summed E-state index contributed by atoms with van der Waals surface area (Å²) in [7, 11) is 0. The van der Waals surface area contributed by atoms with E-state index in [1.807, 2.05) is 10.9 Å². The predicted molar refractivity (Wildman–Crippen MR) is 132 cm³/mol. The third kappa shape index (κ3) is 5.43. The Bertz CT molecular complexity index is 1300. The lowest BCUT2D eigenvalue weighted by Crippen LogP contribution is -2.17. The van der Waals surface area contributed by atoms with Gasteiger partial charge in [-0.3, -0.25) is 0 Å². The average molecular weight is 528 g/mol. The standard InChI is InChI=1S/C20H24BrN3O.2H3N3.2H2O/c1-19(2,3)12-9-14(20(4,5)6)18(25)17(10-12)24-22-15-8-7-13(21)11-16(15)23(22)24;2*1-2-3-1;;/h7-11,25H,1-6H3;2*1-3H;2*1H2. The number of phenolic OH excluding ortho intramolecular Hbond substituents is 1. The molecule has 0 saturated carbocycles. The van der Waals surface area contributed by atoms with Gasteiger partial charge in [0.2, 0.25) is 0 Å². The molecule has 0 atom stereocenters. The third-order valence-electron chi connectivity index (χ3n) is 5.11. The fourth-order valence-corrected chi connectivity index (χ4v) is 3.65. The fraction of sp³-hybridized carbons (Fsp3) is 0.400. The van der Waals surface area contributed by atoms with Gasteiger partial charge in [-0.05, 0) is 40.7 Å². The van der Waals surface area contributed by atoms with Crippen LogP contribution in [0.2, 0.25) is 0 Å². The molecule has 4 heterocycles. The number of hydrogen-bond donors (Lipinski definition) is 7. The number of nitrogens with one attached hydrogen (secondary N) is 6. The van der Waals surface area contributed by atoms with E-state index in [2.05, 4.69) is 122 Å². The van der Waals surface area contributed by atoms with E-state index in [1.54, 1.807) is 0 Å². The fourth-order valence-electron chi connectivity index (χ4n) is 3.30. The molecule has 0 bridgehead atoms. The number of H-pyrrole nitrogens is 6. The van der Waals surface area contributed by atoms with Crippen molar-refractivity contribution in [3.8, 4) is 11.4 Å². The molecule has 0 amide bonds. The van der Waals surface area contributed by atoms with Gasteiger partial charge in [0.15, 0.2) is 0 Å². The second-order valence-electron chi connectivity index (χ2n) is 9.64. The number of hydrogen-bond acceptors (Lipinski definition) is 1. The zero-order chi connectivity index (χ0) is 22.6. The van der Waals surface area contributed by atoms with E-state index in [0.717, 1.165) is 26.8 Å². The first-order valence-electron chi connectivity index (χ1n) is 10.1. The first kappa shape index (κ1) is 26.1. The average Bonchev–Trinajstić information content (AvgIpc) is 3.54. The van der Waals surface area contributed by atoms with Gasteiger partial charge in [-0.15, -0.1) is 14.1 Å². The highest BCUT2D eigenvalue weighted by molar-refractivity contribution is 9.10. The maximum Gasteiger partial charge on any atom is 0.146 e. The quantitative estimate of drug-likeness (QED) is 0.170. The minimum absolute atomic E-state index is 0. The highest BCUT2D eigenvalue weighted by Gasteiger charge is 2.31. The molecule has 33 heavy (non-hydrogen) atoms. The van der Waals surface area contributed by atoms with Gasteiger partial charge in [-0.1, -0.05) is 63.5 Å². The molecule has 11 N–H and O–H groups in total. The van der Waals surface area contributed by atoms with Gasteiger partial charge in [0.05, 0.1) is 0 Å². The highest BCUT2D eigenvalue weighted by atomic mass is 79.9. The Morgan fingerprint density at radius 2 is 1.24 bits per heavy atom. The minimum Gasteiger partial charge on any atom is -0.505 e. The number of benzene rings is 2. The molecule has 13 heteroatoms. The van der Waals surface area contributed by atoms with Gasteiger partial charge in [0.25, 0.3) is 0 Å². The van der Waals surface area contributed by atoms with Crippen LogP contribution in [0.5, 0.6) is 5.75 Å². The Balaban J connectivity index is 0.000000419. The molecule has 4 aromatic heterocycles. The lowest BCUT2D eigenvalue weighted by atomic mass is 9.80. The Labute approximate surface area is 198 Å². The zero-order valence-corrected chi connectivity index (χ0v) is 21.1. The normalized spacial score (nSPS) is 11.7. The summed E-state index contributed by atoms with van der Waals surface area (Å²) in [5.41, 5.74) is 5.23. The number of rotatable bonds is 1. The number of fused-ring (bicyclic) bond motifs is 4. The molecule has 0 spiro atoms. The van der Waals surface area contributed by atoms with Gasteiger partial charge in [-0.2, -0.15) is 0 Å². The summed E-state index contributed by atoms with van der Waals surface area (Å²) in [4.78, 5) is 2.04. The summed E-state index contributed by atoms with van der Waals surface area (Å²) in [5, 5.41) is 26.0. The van der Waals surface area contributed by atoms with Gasteiger partial charge < -0.3 is 16.1 Å². The van der Waals surface area contributed by atoms with E-state index in [9.17, 15) is 5.11 Å². The van der Waals surface area contributed by atoms with Crippen LogP contribution in [-0.4, -0.2) is 61.4 Å². The van der Waals surface area contributed by atoms with Crippen LogP contribution in [-0.2, 0) is 10.8 Å². The molecule has 2 aromatic carbocycles. The maximum atomic E-state index is 11.0. The highest BCUT2D eigenvalue weighted by Crippen LogP contribution is 2.41. The molecule has 0 aliphatic carbocycles. The summed E-state index contributed by atoms with van der Waals surface area (Å²) < 4.78 is 5.21. The molecule has 0 saturated heterocycles. The van der Waals surface area contributed by atoms with Crippen LogP contribution >= 0.6 is 15.9 Å². The van der Waals surface area contributed by atoms with Crippen LogP contribution in [0, 0.1) is 0 Å². The Morgan fingerprint density at radius 3 is 1.70 bits per heavy atom. The summed E-state index contributed by atoms with van der Waals surface area (Å²) in [5.74, 6) is 0.361. The molecule has 0 fully saturated rings. The largest absolute Gasteiger partial charge is 0.505 e. The minimum atomic E-state index is -0.129. The van der Waals surface area contributed by atoms with Gasteiger partial charge in [0.1, 0.15) is 22.5 Å². The predicted octanol–water partition coefficient (Wildman–Crippen LogP) is 3.18. The number of nitrogens with zero attached hydrogens (tertiary/aromatic N) is 3. The van der Waals surface area contributed by atoms with Crippen molar-refractivity contribution in [3.05, 3.63) is 45.9 Å².